The van der Waals surface area contributed by atoms with E-state index in [1.54, 1.807) is 11.8 Å². The number of aryl methyl sites for hydroxylation is 1. The van der Waals surface area contributed by atoms with E-state index in [1.165, 1.54) is 18.4 Å². The van der Waals surface area contributed by atoms with Crippen molar-refractivity contribution in [1.29, 1.82) is 0 Å². The number of hydrogen-bond donors (Lipinski definition) is 0. The van der Waals surface area contributed by atoms with E-state index in [0.29, 0.717) is 12.0 Å². The van der Waals surface area contributed by atoms with Gasteiger partial charge in [-0.2, -0.15) is 0 Å². The molecule has 1 saturated carbocycles. The van der Waals surface area contributed by atoms with Gasteiger partial charge in [0.15, 0.2) is 5.16 Å². The number of hydrogen-bond acceptors (Lipinski definition) is 4. The van der Waals surface area contributed by atoms with Gasteiger partial charge in [0.2, 0.25) is 5.91 Å². The van der Waals surface area contributed by atoms with Crippen LogP contribution in [-0.4, -0.2) is 43.9 Å². The van der Waals surface area contributed by atoms with Crippen molar-refractivity contribution >= 4 is 17.7 Å². The molecule has 1 amide bonds. The molecule has 0 N–H and O–H groups in total. The number of carbonyl (C=O) groups is 1. The summed E-state index contributed by atoms with van der Waals surface area (Å²) in [5.41, 5.74) is 1.40. The zero-order valence-electron chi connectivity index (χ0n) is 16.2. The topological polar surface area (TPSA) is 51.0 Å². The van der Waals surface area contributed by atoms with Crippen LogP contribution in [0.5, 0.6) is 0 Å². The molecule has 2 aromatic rings. The van der Waals surface area contributed by atoms with Crippen LogP contribution in [0.15, 0.2) is 35.5 Å². The predicted octanol–water partition coefficient (Wildman–Crippen LogP) is 3.88. The molecule has 1 aromatic carbocycles. The number of benzene rings is 1. The lowest BCUT2D eigenvalue weighted by atomic mass is 9.90. The summed E-state index contributed by atoms with van der Waals surface area (Å²) in [5.74, 6) is 1.88. The molecule has 2 aliphatic rings. The highest BCUT2D eigenvalue weighted by molar-refractivity contribution is 8.00. The van der Waals surface area contributed by atoms with E-state index in [-0.39, 0.29) is 11.2 Å². The molecule has 0 unspecified atom stereocenters. The molecule has 5 nitrogen and oxygen atoms in total. The van der Waals surface area contributed by atoms with Gasteiger partial charge in [0.05, 0.1) is 5.25 Å². The molecule has 0 bridgehead atoms. The summed E-state index contributed by atoms with van der Waals surface area (Å²) in [6.07, 6.45) is 5.70. The Kier molecular flexibility index (Phi) is 5.53. The van der Waals surface area contributed by atoms with E-state index in [1.807, 2.05) is 18.7 Å². The first kappa shape index (κ1) is 18.5. The Labute approximate surface area is 165 Å². The van der Waals surface area contributed by atoms with Gasteiger partial charge in [-0.1, -0.05) is 42.1 Å². The van der Waals surface area contributed by atoms with E-state index >= 15 is 0 Å². The first-order valence-electron chi connectivity index (χ1n) is 10.0. The second kappa shape index (κ2) is 8.05. The summed E-state index contributed by atoms with van der Waals surface area (Å²) < 4.78 is 2.21. The van der Waals surface area contributed by atoms with Crippen LogP contribution in [0.25, 0.3) is 0 Å². The number of carbonyl (C=O) groups excluding carboxylic acids is 1. The normalized spacial score (nSPS) is 19.3. The quantitative estimate of drug-likeness (QED) is 0.709. The molecule has 4 rings (SSSR count). The molecule has 2 fully saturated rings. The fourth-order valence-electron chi connectivity index (χ4n) is 3.95. The highest BCUT2D eigenvalue weighted by atomic mass is 32.2. The van der Waals surface area contributed by atoms with Gasteiger partial charge >= 0.3 is 0 Å². The van der Waals surface area contributed by atoms with E-state index in [2.05, 4.69) is 45.1 Å². The summed E-state index contributed by atoms with van der Waals surface area (Å²) in [5, 5.41) is 9.31. The summed E-state index contributed by atoms with van der Waals surface area (Å²) in [4.78, 5) is 15.0. The van der Waals surface area contributed by atoms with Crippen molar-refractivity contribution in [2.75, 3.05) is 13.1 Å². The average molecular weight is 385 g/mol. The Morgan fingerprint density at radius 2 is 1.85 bits per heavy atom. The minimum Gasteiger partial charge on any atom is -0.342 e. The van der Waals surface area contributed by atoms with Crippen LogP contribution in [0.2, 0.25) is 0 Å². The fourth-order valence-corrected chi connectivity index (χ4v) is 5.00. The highest BCUT2D eigenvalue weighted by Crippen LogP contribution is 2.39. The third kappa shape index (κ3) is 4.37. The first-order chi connectivity index (χ1) is 13.1. The maximum Gasteiger partial charge on any atom is 0.235 e. The number of nitrogens with zero attached hydrogens (tertiary/aromatic N) is 4. The largest absolute Gasteiger partial charge is 0.342 e. The summed E-state index contributed by atoms with van der Waals surface area (Å²) >= 11 is 1.56. The second-order valence-corrected chi connectivity index (χ2v) is 9.16. The summed E-state index contributed by atoms with van der Waals surface area (Å²) in [6, 6.07) is 11.2. The lowest BCUT2D eigenvalue weighted by molar-refractivity contribution is -0.131. The minimum absolute atomic E-state index is 0.114. The maximum absolute atomic E-state index is 12.9. The smallest absolute Gasteiger partial charge is 0.235 e. The molecule has 144 valence electrons. The van der Waals surface area contributed by atoms with E-state index in [0.717, 1.165) is 43.3 Å². The summed E-state index contributed by atoms with van der Waals surface area (Å²) in [6.45, 7) is 5.74. The first-order valence-corrected chi connectivity index (χ1v) is 10.9. The Bertz CT molecular complexity index is 779. The summed E-state index contributed by atoms with van der Waals surface area (Å²) in [7, 11) is 0. The Morgan fingerprint density at radius 3 is 2.52 bits per heavy atom. The molecule has 1 aliphatic heterocycles. The average Bonchev–Trinajstić information content (AvgIpc) is 3.46. The van der Waals surface area contributed by atoms with Crippen molar-refractivity contribution in [3.8, 4) is 0 Å². The predicted molar refractivity (Wildman–Crippen MR) is 108 cm³/mol. The Hall–Kier alpha value is -1.82. The molecule has 6 heteroatoms. The SMILES string of the molecule is Cc1nnc(S[C@@H](C)C(=O)N2CCC(Cc3ccccc3)CC2)n1C1CC1. The van der Waals surface area contributed by atoms with Crippen LogP contribution in [0.1, 0.15) is 50.0 Å². The van der Waals surface area contributed by atoms with Gasteiger partial charge in [-0.05, 0) is 57.4 Å². The molecule has 27 heavy (non-hydrogen) atoms. The standard InChI is InChI=1S/C21H28N4OS/c1-15(27-21-23-22-16(2)25(21)19-8-9-19)20(26)24-12-10-18(11-13-24)14-17-6-4-3-5-7-17/h3-7,15,18-19H,8-14H2,1-2H3/t15-/m0/s1. The van der Waals surface area contributed by atoms with Gasteiger partial charge in [0, 0.05) is 19.1 Å². The molecule has 1 atom stereocenters. The number of thioether (sulfide) groups is 1. The van der Waals surface area contributed by atoms with Crippen molar-refractivity contribution in [2.45, 2.75) is 62.4 Å². The number of aromatic nitrogens is 3. The van der Waals surface area contributed by atoms with Gasteiger partial charge in [0.25, 0.3) is 0 Å². The van der Waals surface area contributed by atoms with Gasteiger partial charge in [-0.15, -0.1) is 10.2 Å². The van der Waals surface area contributed by atoms with Crippen LogP contribution in [0.3, 0.4) is 0 Å². The molecule has 2 heterocycles. The van der Waals surface area contributed by atoms with Gasteiger partial charge in [-0.3, -0.25) is 4.79 Å². The Morgan fingerprint density at radius 1 is 1.15 bits per heavy atom. The minimum atomic E-state index is -0.114. The third-order valence-electron chi connectivity index (χ3n) is 5.67. The second-order valence-electron chi connectivity index (χ2n) is 7.85. The van der Waals surface area contributed by atoms with Crippen LogP contribution in [-0.2, 0) is 11.2 Å². The van der Waals surface area contributed by atoms with Gasteiger partial charge in [-0.25, -0.2) is 0 Å². The number of likely N-dealkylation sites (tertiary alicyclic amines) is 1. The van der Waals surface area contributed by atoms with Crippen molar-refractivity contribution in [1.82, 2.24) is 19.7 Å². The molecule has 1 aromatic heterocycles. The van der Waals surface area contributed by atoms with Gasteiger partial charge < -0.3 is 9.47 Å². The Balaban J connectivity index is 1.30. The lowest BCUT2D eigenvalue weighted by Crippen LogP contribution is -2.42. The fraction of sp³-hybridized carbons (Fsp3) is 0.571. The maximum atomic E-state index is 12.9. The third-order valence-corrected chi connectivity index (χ3v) is 6.71. The van der Waals surface area contributed by atoms with Crippen LogP contribution in [0.4, 0.5) is 0 Å². The number of amides is 1. The monoisotopic (exact) mass is 384 g/mol. The molecule has 1 aliphatic carbocycles. The molecular weight excluding hydrogens is 356 g/mol. The molecule has 0 radical (unpaired) electrons. The molecular formula is C21H28N4OS. The highest BCUT2D eigenvalue weighted by Gasteiger charge is 2.31. The van der Waals surface area contributed by atoms with Crippen molar-refractivity contribution in [3.63, 3.8) is 0 Å². The molecule has 0 spiro atoms. The zero-order valence-corrected chi connectivity index (χ0v) is 17.0. The van der Waals surface area contributed by atoms with Crippen molar-refractivity contribution < 1.29 is 4.79 Å². The van der Waals surface area contributed by atoms with Gasteiger partial charge in [0.1, 0.15) is 5.82 Å². The van der Waals surface area contributed by atoms with Crippen LogP contribution >= 0.6 is 11.8 Å². The van der Waals surface area contributed by atoms with Crippen molar-refractivity contribution in [3.05, 3.63) is 41.7 Å². The van der Waals surface area contributed by atoms with E-state index < -0.39 is 0 Å². The molecule has 1 saturated heterocycles. The zero-order chi connectivity index (χ0) is 18.8. The lowest BCUT2D eigenvalue weighted by Gasteiger charge is -2.33. The number of rotatable bonds is 6. The van der Waals surface area contributed by atoms with E-state index in [9.17, 15) is 4.79 Å². The van der Waals surface area contributed by atoms with Crippen LogP contribution < -0.4 is 0 Å². The van der Waals surface area contributed by atoms with E-state index in [4.69, 9.17) is 0 Å². The van der Waals surface area contributed by atoms with Crippen LogP contribution in [0, 0.1) is 12.8 Å². The van der Waals surface area contributed by atoms with Crippen molar-refractivity contribution in [2.24, 2.45) is 5.92 Å². The number of piperidine rings is 1.